The molecular weight excluding hydrogens is 318 g/mol. The van der Waals surface area contributed by atoms with Gasteiger partial charge in [0.15, 0.2) is 5.78 Å². The van der Waals surface area contributed by atoms with Gasteiger partial charge >= 0.3 is 5.97 Å². The Bertz CT molecular complexity index is 799. The van der Waals surface area contributed by atoms with Crippen molar-refractivity contribution in [3.8, 4) is 0 Å². The number of allylic oxidation sites excluding steroid dienone is 3. The van der Waals surface area contributed by atoms with Crippen LogP contribution in [0.1, 0.15) is 52.1 Å². The van der Waals surface area contributed by atoms with Crippen molar-refractivity contribution in [1.82, 2.24) is 15.1 Å². The number of Topliss-reactive ketones (excluding diaryl/α,β-unsaturated/α-hetero) is 1. The lowest BCUT2D eigenvalue weighted by molar-refractivity contribution is -0.136. The second kappa shape index (κ2) is 6.17. The first kappa shape index (κ1) is 17.5. The molecule has 0 bridgehead atoms. The molecule has 1 atom stereocenters. The van der Waals surface area contributed by atoms with Crippen LogP contribution in [0.3, 0.4) is 0 Å². The minimum absolute atomic E-state index is 0.0847. The number of hydrogen-bond donors (Lipinski definition) is 1. The summed E-state index contributed by atoms with van der Waals surface area (Å²) >= 11 is 0. The number of rotatable bonds is 3. The summed E-state index contributed by atoms with van der Waals surface area (Å²) < 4.78 is 6.85. The number of dihydropyridines is 1. The van der Waals surface area contributed by atoms with Crippen LogP contribution in [-0.4, -0.2) is 28.6 Å². The number of aryl methyl sites for hydroxylation is 1. The summed E-state index contributed by atoms with van der Waals surface area (Å²) in [6, 6.07) is 1.88. The van der Waals surface area contributed by atoms with E-state index in [4.69, 9.17) is 4.74 Å². The topological polar surface area (TPSA) is 73.2 Å². The molecule has 0 saturated carbocycles. The van der Waals surface area contributed by atoms with Gasteiger partial charge in [-0.2, -0.15) is 5.10 Å². The maximum absolute atomic E-state index is 13.0. The molecule has 2 aliphatic rings. The molecule has 1 aliphatic carbocycles. The van der Waals surface area contributed by atoms with Crippen molar-refractivity contribution in [1.29, 1.82) is 0 Å². The number of aromatic nitrogens is 2. The van der Waals surface area contributed by atoms with Gasteiger partial charge in [-0.25, -0.2) is 4.79 Å². The van der Waals surface area contributed by atoms with E-state index in [-0.39, 0.29) is 11.2 Å². The molecule has 0 fully saturated rings. The van der Waals surface area contributed by atoms with Crippen molar-refractivity contribution in [2.45, 2.75) is 53.0 Å². The van der Waals surface area contributed by atoms with Crippen molar-refractivity contribution in [3.05, 3.63) is 40.5 Å². The summed E-state index contributed by atoms with van der Waals surface area (Å²) in [5.74, 6) is -0.765. The van der Waals surface area contributed by atoms with E-state index in [1.807, 2.05) is 24.6 Å². The molecule has 1 aromatic heterocycles. The molecule has 0 amide bonds. The van der Waals surface area contributed by atoms with Crippen molar-refractivity contribution in [3.63, 3.8) is 0 Å². The molecular formula is C19H25N3O3. The first-order valence-electron chi connectivity index (χ1n) is 8.63. The molecule has 0 aromatic carbocycles. The van der Waals surface area contributed by atoms with Gasteiger partial charge in [0.1, 0.15) is 0 Å². The number of methoxy groups -OCH3 is 1. The second-order valence-electron chi connectivity index (χ2n) is 7.49. The van der Waals surface area contributed by atoms with E-state index >= 15 is 0 Å². The van der Waals surface area contributed by atoms with E-state index < -0.39 is 11.9 Å². The number of esters is 1. The highest BCUT2D eigenvalue weighted by Crippen LogP contribution is 2.46. The van der Waals surface area contributed by atoms with Crippen LogP contribution in [0.15, 0.2) is 34.8 Å². The van der Waals surface area contributed by atoms with Crippen LogP contribution in [0.5, 0.6) is 0 Å². The summed E-state index contributed by atoms with van der Waals surface area (Å²) in [5.41, 5.74) is 3.58. The SMILES string of the molecule is CCn1nccc1C1C(C(=O)OC)=C(C)NC2=C1C(=O)CC(C)(C)C2. The van der Waals surface area contributed by atoms with Crippen LogP contribution in [0, 0.1) is 5.41 Å². The largest absolute Gasteiger partial charge is 0.466 e. The first-order valence-corrected chi connectivity index (χ1v) is 8.63. The van der Waals surface area contributed by atoms with Gasteiger partial charge < -0.3 is 10.1 Å². The quantitative estimate of drug-likeness (QED) is 0.854. The number of ketones is 1. The molecule has 3 rings (SSSR count). The van der Waals surface area contributed by atoms with Crippen molar-refractivity contribution in [2.24, 2.45) is 5.41 Å². The minimum Gasteiger partial charge on any atom is -0.466 e. The monoisotopic (exact) mass is 343 g/mol. The number of nitrogens with zero attached hydrogens (tertiary/aromatic N) is 2. The molecule has 1 aromatic rings. The van der Waals surface area contributed by atoms with Gasteiger partial charge in [-0.15, -0.1) is 0 Å². The third-order valence-electron chi connectivity index (χ3n) is 4.99. The third kappa shape index (κ3) is 2.90. The van der Waals surface area contributed by atoms with Crippen LogP contribution in [0.2, 0.25) is 0 Å². The molecule has 1 N–H and O–H groups in total. The van der Waals surface area contributed by atoms with Crippen LogP contribution < -0.4 is 5.32 Å². The molecule has 1 unspecified atom stereocenters. The van der Waals surface area contributed by atoms with E-state index in [2.05, 4.69) is 24.3 Å². The molecule has 134 valence electrons. The van der Waals surface area contributed by atoms with E-state index in [9.17, 15) is 9.59 Å². The maximum atomic E-state index is 13.0. The van der Waals surface area contributed by atoms with Gasteiger partial charge in [-0.05, 0) is 31.7 Å². The summed E-state index contributed by atoms with van der Waals surface area (Å²) in [6.45, 7) is 8.71. The Kier molecular flexibility index (Phi) is 4.31. The molecule has 6 nitrogen and oxygen atoms in total. The number of nitrogens with one attached hydrogen (secondary N) is 1. The first-order chi connectivity index (χ1) is 11.8. The Balaban J connectivity index is 2.22. The number of carbonyl (C=O) groups excluding carboxylic acids is 2. The molecule has 0 radical (unpaired) electrons. The Hall–Kier alpha value is -2.37. The average Bonchev–Trinajstić information content (AvgIpc) is 2.99. The minimum atomic E-state index is -0.435. The van der Waals surface area contributed by atoms with Gasteiger partial charge in [0.05, 0.1) is 24.3 Å². The lowest BCUT2D eigenvalue weighted by atomic mass is 9.69. The smallest absolute Gasteiger partial charge is 0.336 e. The van der Waals surface area contributed by atoms with Gasteiger partial charge in [-0.3, -0.25) is 9.48 Å². The van der Waals surface area contributed by atoms with Gasteiger partial charge in [0, 0.05) is 36.1 Å². The molecule has 1 aliphatic heterocycles. The number of carbonyl (C=O) groups is 2. The fraction of sp³-hybridized carbons (Fsp3) is 0.526. The highest BCUT2D eigenvalue weighted by atomic mass is 16.5. The normalized spacial score (nSPS) is 22.6. The fourth-order valence-corrected chi connectivity index (χ4v) is 3.96. The average molecular weight is 343 g/mol. The Morgan fingerprint density at radius 3 is 2.80 bits per heavy atom. The maximum Gasteiger partial charge on any atom is 0.336 e. The lowest BCUT2D eigenvalue weighted by Crippen LogP contribution is -2.39. The number of ether oxygens (including phenoxy) is 1. The molecule has 25 heavy (non-hydrogen) atoms. The zero-order valence-electron chi connectivity index (χ0n) is 15.5. The van der Waals surface area contributed by atoms with Gasteiger partial charge in [-0.1, -0.05) is 13.8 Å². The van der Waals surface area contributed by atoms with Crippen LogP contribution in [-0.2, 0) is 20.9 Å². The fourth-order valence-electron chi connectivity index (χ4n) is 3.96. The van der Waals surface area contributed by atoms with E-state index in [1.165, 1.54) is 7.11 Å². The summed E-state index contributed by atoms with van der Waals surface area (Å²) in [6.07, 6.45) is 2.96. The zero-order chi connectivity index (χ0) is 18.4. The molecule has 2 heterocycles. The van der Waals surface area contributed by atoms with Crippen molar-refractivity contribution >= 4 is 11.8 Å². The van der Waals surface area contributed by atoms with E-state index in [1.54, 1.807) is 6.20 Å². The van der Waals surface area contributed by atoms with E-state index in [0.29, 0.717) is 24.1 Å². The van der Waals surface area contributed by atoms with Gasteiger partial charge in [0.2, 0.25) is 0 Å². The standard InChI is InChI=1S/C19H25N3O3/c1-6-22-13(7-8-20-22)17-15(18(24)25-5)11(2)21-12-9-19(3,4)10-14(23)16(12)17/h7-8,17,21H,6,9-10H2,1-5H3. The molecule has 0 saturated heterocycles. The van der Waals surface area contributed by atoms with Crippen molar-refractivity contribution in [2.75, 3.05) is 7.11 Å². The predicted octanol–water partition coefficient (Wildman–Crippen LogP) is 2.68. The van der Waals surface area contributed by atoms with Gasteiger partial charge in [0.25, 0.3) is 0 Å². The third-order valence-corrected chi connectivity index (χ3v) is 4.99. The Labute approximate surface area is 147 Å². The summed E-state index contributed by atoms with van der Waals surface area (Å²) in [4.78, 5) is 25.5. The summed E-state index contributed by atoms with van der Waals surface area (Å²) in [5, 5.41) is 7.64. The van der Waals surface area contributed by atoms with Crippen LogP contribution >= 0.6 is 0 Å². The van der Waals surface area contributed by atoms with E-state index in [0.717, 1.165) is 23.5 Å². The lowest BCUT2D eigenvalue weighted by Gasteiger charge is -2.39. The second-order valence-corrected chi connectivity index (χ2v) is 7.49. The molecule has 6 heteroatoms. The van der Waals surface area contributed by atoms with Crippen LogP contribution in [0.25, 0.3) is 0 Å². The highest BCUT2D eigenvalue weighted by Gasteiger charge is 2.43. The zero-order valence-corrected chi connectivity index (χ0v) is 15.5. The predicted molar refractivity (Wildman–Crippen MR) is 93.5 cm³/mol. The molecule has 0 spiro atoms. The Morgan fingerprint density at radius 1 is 1.44 bits per heavy atom. The van der Waals surface area contributed by atoms with Crippen molar-refractivity contribution < 1.29 is 14.3 Å². The Morgan fingerprint density at radius 2 is 2.16 bits per heavy atom. The number of hydrogen-bond acceptors (Lipinski definition) is 5. The highest BCUT2D eigenvalue weighted by molar-refractivity contribution is 6.04. The van der Waals surface area contributed by atoms with Crippen LogP contribution in [0.4, 0.5) is 0 Å². The summed E-state index contributed by atoms with van der Waals surface area (Å²) in [7, 11) is 1.37.